The first kappa shape index (κ1) is 28.3. The van der Waals surface area contributed by atoms with E-state index in [-0.39, 0.29) is 29.2 Å². The summed E-state index contributed by atoms with van der Waals surface area (Å²) in [5.74, 6) is 0.128. The number of carboxylic acids is 1. The van der Waals surface area contributed by atoms with Crippen LogP contribution in [0.1, 0.15) is 97.8 Å². The number of hydrogen-bond acceptors (Lipinski definition) is 5. The highest BCUT2D eigenvalue weighted by molar-refractivity contribution is 5.60. The maximum Gasteiger partial charge on any atom is 0.0610 e. The molecule has 4 fully saturated rings. The van der Waals surface area contributed by atoms with Gasteiger partial charge in [0.15, 0.2) is 0 Å². The van der Waals surface area contributed by atoms with Crippen LogP contribution < -0.4 is 16.6 Å². The molecule has 0 aliphatic heterocycles. The summed E-state index contributed by atoms with van der Waals surface area (Å²) in [5, 5.41) is 34.7. The zero-order chi connectivity index (χ0) is 23.5. The molecule has 0 heterocycles. The lowest BCUT2D eigenvalue weighted by atomic mass is 9.52. The first-order valence-corrected chi connectivity index (χ1v) is 13.0. The Morgan fingerprint density at radius 1 is 1.06 bits per heavy atom. The lowest BCUT2D eigenvalue weighted by molar-refractivity contribution is -0.302. The summed E-state index contributed by atoms with van der Waals surface area (Å²) in [7, 11) is 0. The van der Waals surface area contributed by atoms with Gasteiger partial charge in [-0.05, 0) is 99.8 Å². The molecule has 7 atom stereocenters. The Morgan fingerprint density at radius 3 is 2.33 bits per heavy atom. The molecule has 0 aromatic carbocycles. The van der Waals surface area contributed by atoms with Crippen LogP contribution in [0.15, 0.2) is 12.2 Å². The third-order valence-corrected chi connectivity index (χ3v) is 9.79. The molecule has 4 aliphatic rings. The summed E-state index contributed by atoms with van der Waals surface area (Å²) in [6.07, 6.45) is 13.7. The lowest BCUT2D eigenvalue weighted by Crippen LogP contribution is -2.54. The number of rotatable bonds is 4. The van der Waals surface area contributed by atoms with E-state index in [1.165, 1.54) is 44.1 Å². The third kappa shape index (κ3) is 6.19. The molecular weight excluding hydrogens is 416 g/mol. The predicted molar refractivity (Wildman–Crippen MR) is 132 cm³/mol. The highest BCUT2D eigenvalue weighted by Gasteiger charge is 2.56. The number of allylic oxidation sites excluding steroid dienone is 1. The van der Waals surface area contributed by atoms with Crippen molar-refractivity contribution < 1.29 is 20.1 Å². The summed E-state index contributed by atoms with van der Waals surface area (Å²) < 4.78 is 0. The van der Waals surface area contributed by atoms with E-state index in [2.05, 4.69) is 25.7 Å². The molecule has 192 valence electrons. The van der Waals surface area contributed by atoms with Gasteiger partial charge >= 0.3 is 0 Å². The Morgan fingerprint density at radius 2 is 1.70 bits per heavy atom. The Bertz CT molecular complexity index is 661. The van der Waals surface area contributed by atoms with Crippen LogP contribution >= 0.6 is 0 Å². The number of hydrogen-bond donors (Lipinski definition) is 4. The van der Waals surface area contributed by atoms with Crippen molar-refractivity contribution in [2.75, 3.05) is 6.54 Å². The predicted octanol–water partition coefficient (Wildman–Crippen LogP) is 3.95. The average molecular weight is 467 g/mol. The van der Waals surface area contributed by atoms with Crippen molar-refractivity contribution >= 4 is 5.97 Å². The van der Waals surface area contributed by atoms with Gasteiger partial charge in [-0.3, -0.25) is 0 Å². The quantitative estimate of drug-likeness (QED) is 0.466. The van der Waals surface area contributed by atoms with Gasteiger partial charge in [0, 0.05) is 12.0 Å². The Kier molecular flexibility index (Phi) is 9.99. The van der Waals surface area contributed by atoms with E-state index in [1.54, 1.807) is 0 Å². The van der Waals surface area contributed by atoms with Crippen molar-refractivity contribution in [1.29, 1.82) is 0 Å². The average Bonchev–Trinajstić information content (AvgIpc) is 3.05. The maximum absolute atomic E-state index is 11.5. The van der Waals surface area contributed by atoms with E-state index >= 15 is 0 Å². The van der Waals surface area contributed by atoms with Gasteiger partial charge in [0.05, 0.1) is 12.2 Å². The highest BCUT2D eigenvalue weighted by atomic mass is 16.4. The van der Waals surface area contributed by atoms with E-state index in [1.807, 2.05) is 0 Å². The SMILES string of the molecule is C=C1CCC2[C@@H](O)C([C@@]3(C)CC[C@H](O)C[C@@H]3CNC3CCCCC3)CC[C@@]12C.CC(=O)[O-].[NH4+]. The van der Waals surface area contributed by atoms with E-state index in [0.717, 1.165) is 52.0 Å². The second kappa shape index (κ2) is 11.7. The van der Waals surface area contributed by atoms with Gasteiger partial charge in [0.1, 0.15) is 0 Å². The van der Waals surface area contributed by atoms with Crippen molar-refractivity contribution in [2.45, 2.75) is 116 Å². The van der Waals surface area contributed by atoms with Crippen molar-refractivity contribution in [3.63, 3.8) is 0 Å². The van der Waals surface area contributed by atoms with Gasteiger partial charge in [-0.1, -0.05) is 45.3 Å². The fourth-order valence-electron chi connectivity index (χ4n) is 7.55. The number of aliphatic hydroxyl groups is 2. The van der Waals surface area contributed by atoms with E-state index in [4.69, 9.17) is 9.90 Å². The van der Waals surface area contributed by atoms with Crippen molar-refractivity contribution in [2.24, 2.45) is 28.6 Å². The second-order valence-electron chi connectivity index (χ2n) is 11.7. The topological polar surface area (TPSA) is 129 Å². The molecule has 0 aromatic heterocycles. The molecule has 33 heavy (non-hydrogen) atoms. The summed E-state index contributed by atoms with van der Waals surface area (Å²) in [6.45, 7) is 11.1. The minimum absolute atomic E-state index is 0. The molecule has 6 heteroatoms. The first-order valence-electron chi connectivity index (χ1n) is 13.0. The zero-order valence-corrected chi connectivity index (χ0v) is 21.6. The monoisotopic (exact) mass is 466 g/mol. The van der Waals surface area contributed by atoms with Gasteiger partial charge in [0.2, 0.25) is 0 Å². The van der Waals surface area contributed by atoms with Crippen LogP contribution in [0.5, 0.6) is 0 Å². The number of aliphatic hydroxyl groups excluding tert-OH is 2. The van der Waals surface area contributed by atoms with Crippen LogP contribution in [0.25, 0.3) is 0 Å². The normalized spacial score (nSPS) is 41.4. The third-order valence-electron chi connectivity index (χ3n) is 9.79. The molecule has 0 bridgehead atoms. The second-order valence-corrected chi connectivity index (χ2v) is 11.7. The molecule has 0 amide bonds. The number of carbonyl (C=O) groups is 1. The van der Waals surface area contributed by atoms with Crippen LogP contribution in [-0.2, 0) is 4.79 Å². The van der Waals surface area contributed by atoms with Gasteiger partial charge in [-0.25, -0.2) is 0 Å². The molecule has 4 aliphatic carbocycles. The van der Waals surface area contributed by atoms with Crippen molar-refractivity contribution in [1.82, 2.24) is 11.5 Å². The number of carboxylic acid groups (broad SMARTS) is 1. The van der Waals surface area contributed by atoms with Gasteiger partial charge in [-0.2, -0.15) is 0 Å². The minimum atomic E-state index is -1.08. The first-order chi connectivity index (χ1) is 15.1. The Balaban J connectivity index is 0.000000714. The van der Waals surface area contributed by atoms with E-state index in [0.29, 0.717) is 23.8 Å². The van der Waals surface area contributed by atoms with E-state index < -0.39 is 5.97 Å². The summed E-state index contributed by atoms with van der Waals surface area (Å²) in [6, 6.07) is 0.662. The molecule has 0 saturated heterocycles. The summed E-state index contributed by atoms with van der Waals surface area (Å²) in [5.41, 5.74) is 1.65. The Hall–Kier alpha value is -0.950. The minimum Gasteiger partial charge on any atom is -0.550 e. The van der Waals surface area contributed by atoms with Crippen LogP contribution in [0.2, 0.25) is 0 Å². The molecule has 4 rings (SSSR count). The van der Waals surface area contributed by atoms with Gasteiger partial charge < -0.3 is 31.6 Å². The van der Waals surface area contributed by atoms with Crippen molar-refractivity contribution in [3.05, 3.63) is 12.2 Å². The van der Waals surface area contributed by atoms with E-state index in [9.17, 15) is 10.2 Å². The molecule has 0 aromatic rings. The zero-order valence-electron chi connectivity index (χ0n) is 21.6. The number of fused-ring (bicyclic) bond motifs is 1. The molecule has 4 saturated carbocycles. The standard InChI is InChI=1S/C25H43NO2.C2H4O2.H3N/c1-17-9-10-21-23(28)22(12-14-24(17,21)2)25(3)13-11-20(27)15-18(25)16-26-19-7-5-4-6-8-19;1-2(3)4;/h18-23,26-28H,1,4-16H2,2-3H3;1H3,(H,3,4);1H3/t18-,20+,21?,22?,23-,24+,25+;;/m1../s1. The molecule has 6 nitrogen and oxygen atoms in total. The molecule has 2 unspecified atom stereocenters. The fraction of sp³-hybridized carbons (Fsp3) is 0.889. The smallest absolute Gasteiger partial charge is 0.0610 e. The van der Waals surface area contributed by atoms with Crippen LogP contribution in [0.4, 0.5) is 0 Å². The van der Waals surface area contributed by atoms with Crippen LogP contribution in [-0.4, -0.2) is 41.0 Å². The molecule has 0 spiro atoms. The number of quaternary nitrogens is 1. The van der Waals surface area contributed by atoms with Gasteiger partial charge in [0.25, 0.3) is 0 Å². The molecule has 0 radical (unpaired) electrons. The number of aliphatic carboxylic acids is 1. The lowest BCUT2D eigenvalue weighted by Gasteiger charge is -2.55. The highest BCUT2D eigenvalue weighted by Crippen LogP contribution is 2.61. The molecule has 7 N–H and O–H groups in total. The number of carbonyl (C=O) groups excluding carboxylic acids is 1. The van der Waals surface area contributed by atoms with Crippen molar-refractivity contribution in [3.8, 4) is 0 Å². The number of nitrogens with one attached hydrogen (secondary N) is 1. The Labute approximate surface area is 201 Å². The summed E-state index contributed by atoms with van der Waals surface area (Å²) in [4.78, 5) is 8.89. The van der Waals surface area contributed by atoms with Crippen LogP contribution in [0, 0.1) is 28.6 Å². The fourth-order valence-corrected chi connectivity index (χ4v) is 7.55. The largest absolute Gasteiger partial charge is 0.550 e. The molecular formula is C27H50N2O4. The van der Waals surface area contributed by atoms with Gasteiger partial charge in [-0.15, -0.1) is 0 Å². The summed E-state index contributed by atoms with van der Waals surface area (Å²) >= 11 is 0. The van der Waals surface area contributed by atoms with Crippen LogP contribution in [0.3, 0.4) is 0 Å². The maximum atomic E-state index is 11.5.